The van der Waals surface area contributed by atoms with Crippen molar-refractivity contribution >= 4 is 28.1 Å². The van der Waals surface area contributed by atoms with E-state index < -0.39 is 12.2 Å². The van der Waals surface area contributed by atoms with Crippen molar-refractivity contribution < 1.29 is 19.7 Å². The summed E-state index contributed by atoms with van der Waals surface area (Å²) >= 11 is 3.31. The maximum atomic E-state index is 12.3. The third-order valence-electron chi connectivity index (χ3n) is 3.49. The highest BCUT2D eigenvalue weighted by Crippen LogP contribution is 2.33. The van der Waals surface area contributed by atoms with Crippen molar-refractivity contribution in [2.24, 2.45) is 10.9 Å². The Morgan fingerprint density at radius 3 is 2.64 bits per heavy atom. The van der Waals surface area contributed by atoms with Gasteiger partial charge in [0.15, 0.2) is 11.5 Å². The average Bonchev–Trinajstić information content (AvgIpc) is 2.55. The zero-order valence-electron chi connectivity index (χ0n) is 14.2. The minimum atomic E-state index is -0.878. The maximum absolute atomic E-state index is 12.3. The smallest absolute Gasteiger partial charge is 0.343 e. The van der Waals surface area contributed by atoms with E-state index >= 15 is 0 Å². The van der Waals surface area contributed by atoms with Crippen LogP contribution in [0.2, 0.25) is 0 Å². The SMILES string of the molecule is Cc1cccc(C(=O)Oc2cc(Br)cc(C=NC(O)C(C)C)c2O)c1. The fraction of sp³-hybridized carbons (Fsp3) is 0.263. The quantitative estimate of drug-likeness (QED) is 0.446. The summed E-state index contributed by atoms with van der Waals surface area (Å²) in [7, 11) is 0. The number of phenols is 1. The Labute approximate surface area is 155 Å². The van der Waals surface area contributed by atoms with Crippen LogP contribution in [-0.2, 0) is 0 Å². The number of halogens is 1. The summed E-state index contributed by atoms with van der Waals surface area (Å²) in [6.07, 6.45) is 0.478. The van der Waals surface area contributed by atoms with Crippen molar-refractivity contribution in [1.82, 2.24) is 0 Å². The molecule has 0 aromatic heterocycles. The average molecular weight is 406 g/mol. The number of aliphatic hydroxyl groups excluding tert-OH is 1. The van der Waals surface area contributed by atoms with Crippen LogP contribution < -0.4 is 4.74 Å². The van der Waals surface area contributed by atoms with Crippen molar-refractivity contribution in [1.29, 1.82) is 0 Å². The molecule has 132 valence electrons. The largest absolute Gasteiger partial charge is 0.504 e. The molecule has 2 aromatic rings. The molecule has 0 saturated heterocycles. The zero-order chi connectivity index (χ0) is 18.6. The second-order valence-corrected chi connectivity index (χ2v) is 6.95. The van der Waals surface area contributed by atoms with Gasteiger partial charge in [0.25, 0.3) is 0 Å². The third kappa shape index (κ3) is 5.14. The van der Waals surface area contributed by atoms with Crippen LogP contribution >= 0.6 is 15.9 Å². The van der Waals surface area contributed by atoms with E-state index in [2.05, 4.69) is 20.9 Å². The first-order chi connectivity index (χ1) is 11.8. The minimum absolute atomic E-state index is 0.0152. The molecule has 0 spiro atoms. The molecule has 0 saturated carbocycles. The van der Waals surface area contributed by atoms with Gasteiger partial charge in [0.2, 0.25) is 0 Å². The van der Waals surface area contributed by atoms with E-state index in [9.17, 15) is 15.0 Å². The Morgan fingerprint density at radius 2 is 2.00 bits per heavy atom. The van der Waals surface area contributed by atoms with E-state index in [1.165, 1.54) is 12.3 Å². The first-order valence-corrected chi connectivity index (χ1v) is 8.60. The number of ether oxygens (including phenoxy) is 1. The summed E-state index contributed by atoms with van der Waals surface area (Å²) in [4.78, 5) is 16.3. The lowest BCUT2D eigenvalue weighted by atomic mass is 10.1. The lowest BCUT2D eigenvalue weighted by molar-refractivity contribution is 0.0729. The Kier molecular flexibility index (Phi) is 6.33. The van der Waals surface area contributed by atoms with Crippen molar-refractivity contribution in [3.05, 3.63) is 57.6 Å². The summed E-state index contributed by atoms with van der Waals surface area (Å²) < 4.78 is 5.93. The number of nitrogens with zero attached hydrogens (tertiary/aromatic N) is 1. The molecule has 6 heteroatoms. The number of carbonyl (C=O) groups is 1. The highest BCUT2D eigenvalue weighted by molar-refractivity contribution is 9.10. The van der Waals surface area contributed by atoms with Gasteiger partial charge in [-0.1, -0.05) is 47.5 Å². The number of aliphatic hydroxyl groups is 1. The summed E-state index contributed by atoms with van der Waals surface area (Å²) in [6, 6.07) is 10.1. The number of phenolic OH excluding ortho intramolecular Hbond substituents is 1. The number of aliphatic imine (C=N–C) groups is 1. The molecule has 0 aliphatic rings. The molecular formula is C19H20BrNO4. The topological polar surface area (TPSA) is 79.1 Å². The van der Waals surface area contributed by atoms with E-state index in [1.807, 2.05) is 26.8 Å². The standard InChI is InChI=1S/C19H20BrNO4/c1-11(2)18(23)21-10-14-8-15(20)9-16(17(14)22)25-19(24)13-6-4-5-12(3)7-13/h4-11,18,22-23H,1-3H3. The normalized spacial score (nSPS) is 12.6. The number of carbonyl (C=O) groups excluding carboxylic acids is 1. The van der Waals surface area contributed by atoms with E-state index in [0.29, 0.717) is 15.6 Å². The van der Waals surface area contributed by atoms with Crippen molar-refractivity contribution in [3.8, 4) is 11.5 Å². The number of esters is 1. The zero-order valence-corrected chi connectivity index (χ0v) is 15.8. The van der Waals surface area contributed by atoms with Gasteiger partial charge in [-0.15, -0.1) is 0 Å². The van der Waals surface area contributed by atoms with Gasteiger partial charge in [-0.3, -0.25) is 4.99 Å². The Bertz CT molecular complexity index is 802. The summed E-state index contributed by atoms with van der Waals surface area (Å²) in [6.45, 7) is 5.54. The molecule has 5 nitrogen and oxygen atoms in total. The lowest BCUT2D eigenvalue weighted by Gasteiger charge is -2.11. The second-order valence-electron chi connectivity index (χ2n) is 6.04. The summed E-state index contributed by atoms with van der Waals surface area (Å²) in [5.74, 6) is -0.823. The number of rotatable bonds is 5. The van der Waals surface area contributed by atoms with Crippen molar-refractivity contribution in [3.63, 3.8) is 0 Å². The summed E-state index contributed by atoms with van der Waals surface area (Å²) in [5, 5.41) is 20.1. The van der Waals surface area contributed by atoms with Crippen LogP contribution in [0.5, 0.6) is 11.5 Å². The molecule has 0 radical (unpaired) electrons. The van der Waals surface area contributed by atoms with Crippen LogP contribution in [0.1, 0.15) is 35.3 Å². The fourth-order valence-corrected chi connectivity index (χ4v) is 2.48. The second kappa shape index (κ2) is 8.27. The molecule has 1 unspecified atom stereocenters. The molecule has 0 heterocycles. The van der Waals surface area contributed by atoms with Gasteiger partial charge in [-0.25, -0.2) is 4.79 Å². The van der Waals surface area contributed by atoms with Crippen molar-refractivity contribution in [2.45, 2.75) is 27.0 Å². The van der Waals surface area contributed by atoms with Gasteiger partial charge in [-0.2, -0.15) is 0 Å². The third-order valence-corrected chi connectivity index (χ3v) is 3.95. The molecule has 0 aliphatic heterocycles. The van der Waals surface area contributed by atoms with Crippen LogP contribution in [0.25, 0.3) is 0 Å². The molecule has 25 heavy (non-hydrogen) atoms. The van der Waals surface area contributed by atoms with E-state index in [-0.39, 0.29) is 17.4 Å². The first kappa shape index (κ1) is 19.1. The molecule has 0 aliphatic carbocycles. The van der Waals surface area contributed by atoms with Crippen LogP contribution in [0, 0.1) is 12.8 Å². The number of benzene rings is 2. The monoisotopic (exact) mass is 405 g/mol. The van der Waals surface area contributed by atoms with Crippen LogP contribution in [0.4, 0.5) is 0 Å². The maximum Gasteiger partial charge on any atom is 0.343 e. The number of hydrogen-bond acceptors (Lipinski definition) is 5. The number of aryl methyl sites for hydroxylation is 1. The molecule has 0 amide bonds. The highest BCUT2D eigenvalue weighted by atomic mass is 79.9. The molecule has 0 fully saturated rings. The number of hydrogen-bond donors (Lipinski definition) is 2. The van der Waals surface area contributed by atoms with E-state index in [4.69, 9.17) is 4.74 Å². The first-order valence-electron chi connectivity index (χ1n) is 7.80. The summed E-state index contributed by atoms with van der Waals surface area (Å²) in [5.41, 5.74) is 1.66. The molecule has 2 N–H and O–H groups in total. The van der Waals surface area contributed by atoms with Gasteiger partial charge < -0.3 is 14.9 Å². The molecule has 2 rings (SSSR count). The predicted octanol–water partition coefficient (Wildman–Crippen LogP) is 4.08. The fourth-order valence-electron chi connectivity index (χ4n) is 2.03. The van der Waals surface area contributed by atoms with Gasteiger partial charge in [0.1, 0.15) is 6.23 Å². The van der Waals surface area contributed by atoms with Crippen LogP contribution in [-0.4, -0.2) is 28.6 Å². The van der Waals surface area contributed by atoms with Gasteiger partial charge in [-0.05, 0) is 37.1 Å². The van der Waals surface area contributed by atoms with Crippen LogP contribution in [0.15, 0.2) is 45.9 Å². The highest BCUT2D eigenvalue weighted by Gasteiger charge is 2.15. The predicted molar refractivity (Wildman–Crippen MR) is 100 cm³/mol. The molecule has 1 atom stereocenters. The van der Waals surface area contributed by atoms with Gasteiger partial charge in [0, 0.05) is 16.3 Å². The van der Waals surface area contributed by atoms with Crippen LogP contribution in [0.3, 0.4) is 0 Å². The molecule has 0 bridgehead atoms. The number of aromatic hydroxyl groups is 1. The van der Waals surface area contributed by atoms with Gasteiger partial charge in [0.05, 0.1) is 5.56 Å². The molecular weight excluding hydrogens is 386 g/mol. The Hall–Kier alpha value is -2.18. The van der Waals surface area contributed by atoms with Gasteiger partial charge >= 0.3 is 5.97 Å². The Balaban J connectivity index is 2.28. The van der Waals surface area contributed by atoms with Crippen molar-refractivity contribution in [2.75, 3.05) is 0 Å². The lowest BCUT2D eigenvalue weighted by Crippen LogP contribution is -2.11. The van der Waals surface area contributed by atoms with E-state index in [0.717, 1.165) is 5.56 Å². The molecule has 2 aromatic carbocycles. The Morgan fingerprint density at radius 1 is 1.28 bits per heavy atom. The minimum Gasteiger partial charge on any atom is -0.504 e. The van der Waals surface area contributed by atoms with E-state index in [1.54, 1.807) is 24.3 Å².